The molecular weight excluding hydrogens is 250 g/mol. The Kier molecular flexibility index (Phi) is 5.01. The number of nitrogen functional groups attached to an aromatic ring is 1. The molecule has 1 aromatic rings. The zero-order chi connectivity index (χ0) is 14.5. The van der Waals surface area contributed by atoms with E-state index in [0.29, 0.717) is 18.4 Å². The van der Waals surface area contributed by atoms with Gasteiger partial charge < -0.3 is 16.0 Å². The number of nitrogens with zero attached hydrogens (tertiary/aromatic N) is 1. The van der Waals surface area contributed by atoms with E-state index in [9.17, 15) is 4.79 Å². The van der Waals surface area contributed by atoms with E-state index in [-0.39, 0.29) is 5.91 Å². The third kappa shape index (κ3) is 4.23. The van der Waals surface area contributed by atoms with Crippen LogP contribution < -0.4 is 11.1 Å². The minimum Gasteiger partial charge on any atom is -0.399 e. The number of amides is 1. The van der Waals surface area contributed by atoms with Gasteiger partial charge in [-0.05, 0) is 50.0 Å². The fraction of sp³-hybridized carbons (Fsp3) is 0.562. The first-order chi connectivity index (χ1) is 9.54. The van der Waals surface area contributed by atoms with Crippen LogP contribution in [0.25, 0.3) is 0 Å². The molecule has 0 bridgehead atoms. The highest BCUT2D eigenvalue weighted by Crippen LogP contribution is 2.16. The lowest BCUT2D eigenvalue weighted by Gasteiger charge is -2.35. The molecule has 2 unspecified atom stereocenters. The Morgan fingerprint density at radius 1 is 1.50 bits per heavy atom. The Hall–Kier alpha value is -1.55. The molecule has 0 aromatic heterocycles. The summed E-state index contributed by atoms with van der Waals surface area (Å²) in [5.41, 5.74) is 7.62. The topological polar surface area (TPSA) is 58.4 Å². The molecule has 2 atom stereocenters. The molecule has 0 aliphatic carbocycles. The molecule has 1 amide bonds. The van der Waals surface area contributed by atoms with E-state index in [1.165, 1.54) is 0 Å². The normalized spacial score (nSPS) is 23.5. The van der Waals surface area contributed by atoms with Crippen molar-refractivity contribution in [2.24, 2.45) is 5.92 Å². The van der Waals surface area contributed by atoms with Crippen molar-refractivity contribution in [2.45, 2.75) is 32.2 Å². The maximum atomic E-state index is 12.0. The van der Waals surface area contributed by atoms with Crippen molar-refractivity contribution >= 4 is 11.6 Å². The minimum atomic E-state index is 0.147. The number of rotatable bonds is 4. The minimum absolute atomic E-state index is 0.147. The van der Waals surface area contributed by atoms with Crippen LogP contribution >= 0.6 is 0 Å². The third-order valence-corrected chi connectivity index (χ3v) is 4.05. The van der Waals surface area contributed by atoms with Crippen LogP contribution in [-0.4, -0.2) is 37.0 Å². The van der Waals surface area contributed by atoms with Crippen LogP contribution in [0.1, 0.15) is 25.3 Å². The molecule has 1 saturated heterocycles. The Labute approximate surface area is 121 Å². The van der Waals surface area contributed by atoms with Gasteiger partial charge in [0.15, 0.2) is 0 Å². The summed E-state index contributed by atoms with van der Waals surface area (Å²) in [6.45, 7) is 4.32. The van der Waals surface area contributed by atoms with E-state index in [0.717, 1.165) is 37.2 Å². The summed E-state index contributed by atoms with van der Waals surface area (Å²) in [5, 5.41) is 3.18. The summed E-state index contributed by atoms with van der Waals surface area (Å²) in [4.78, 5) is 14.4. The van der Waals surface area contributed by atoms with Crippen LogP contribution in [0, 0.1) is 5.92 Å². The second-order valence-corrected chi connectivity index (χ2v) is 5.95. The predicted molar refractivity (Wildman–Crippen MR) is 82.4 cm³/mol. The maximum absolute atomic E-state index is 12.0. The van der Waals surface area contributed by atoms with Crippen molar-refractivity contribution in [3.63, 3.8) is 0 Å². The fourth-order valence-electron chi connectivity index (χ4n) is 2.85. The average Bonchev–Trinajstić information content (AvgIpc) is 2.40. The quantitative estimate of drug-likeness (QED) is 0.822. The second kappa shape index (κ2) is 6.75. The number of carbonyl (C=O) groups excluding carboxylic acids is 1. The van der Waals surface area contributed by atoms with Crippen molar-refractivity contribution in [1.29, 1.82) is 0 Å². The lowest BCUT2D eigenvalue weighted by Crippen LogP contribution is -2.48. The lowest BCUT2D eigenvalue weighted by atomic mass is 9.94. The van der Waals surface area contributed by atoms with Crippen LogP contribution in [-0.2, 0) is 11.2 Å². The van der Waals surface area contributed by atoms with Crippen LogP contribution in [0.2, 0.25) is 0 Å². The Balaban J connectivity index is 1.78. The van der Waals surface area contributed by atoms with Crippen molar-refractivity contribution in [3.8, 4) is 0 Å². The molecule has 1 aliphatic heterocycles. The molecule has 1 aromatic carbocycles. The Bertz CT molecular complexity index is 461. The van der Waals surface area contributed by atoms with Gasteiger partial charge in [0.25, 0.3) is 0 Å². The zero-order valence-electron chi connectivity index (χ0n) is 12.4. The van der Waals surface area contributed by atoms with Gasteiger partial charge in [0.05, 0.1) is 0 Å². The standard InChI is InChI=1S/C16H25N3O/c1-12-11-19(2)9-8-15(12)18-16(20)7-6-13-4-3-5-14(17)10-13/h3-5,10,12,15H,6-9,11,17H2,1-2H3,(H,18,20). The highest BCUT2D eigenvalue weighted by molar-refractivity contribution is 5.76. The summed E-state index contributed by atoms with van der Waals surface area (Å²) in [7, 11) is 2.13. The van der Waals surface area contributed by atoms with Gasteiger partial charge >= 0.3 is 0 Å². The van der Waals surface area contributed by atoms with E-state index in [2.05, 4.69) is 24.2 Å². The van der Waals surface area contributed by atoms with E-state index in [1.807, 2.05) is 24.3 Å². The highest BCUT2D eigenvalue weighted by atomic mass is 16.1. The van der Waals surface area contributed by atoms with Crippen LogP contribution in [0.5, 0.6) is 0 Å². The van der Waals surface area contributed by atoms with Gasteiger partial charge in [-0.25, -0.2) is 0 Å². The number of carbonyl (C=O) groups is 1. The monoisotopic (exact) mass is 275 g/mol. The van der Waals surface area contributed by atoms with Gasteiger partial charge in [-0.1, -0.05) is 19.1 Å². The highest BCUT2D eigenvalue weighted by Gasteiger charge is 2.25. The second-order valence-electron chi connectivity index (χ2n) is 5.95. The zero-order valence-corrected chi connectivity index (χ0v) is 12.4. The summed E-state index contributed by atoms with van der Waals surface area (Å²) < 4.78 is 0. The summed E-state index contributed by atoms with van der Waals surface area (Å²) in [6, 6.07) is 8.07. The number of nitrogens with two attached hydrogens (primary N) is 1. The van der Waals surface area contributed by atoms with Gasteiger partial charge in [-0.15, -0.1) is 0 Å². The molecule has 0 spiro atoms. The van der Waals surface area contributed by atoms with E-state index in [4.69, 9.17) is 5.73 Å². The van der Waals surface area contributed by atoms with E-state index < -0.39 is 0 Å². The predicted octanol–water partition coefficient (Wildman–Crippen LogP) is 1.66. The van der Waals surface area contributed by atoms with Crippen molar-refractivity contribution < 1.29 is 4.79 Å². The molecule has 1 fully saturated rings. The number of piperidine rings is 1. The van der Waals surface area contributed by atoms with Crippen LogP contribution in [0.4, 0.5) is 5.69 Å². The van der Waals surface area contributed by atoms with Crippen molar-refractivity contribution in [2.75, 3.05) is 25.9 Å². The van der Waals surface area contributed by atoms with Gasteiger partial charge in [0.2, 0.25) is 5.91 Å². The number of aryl methyl sites for hydroxylation is 1. The Morgan fingerprint density at radius 2 is 2.30 bits per heavy atom. The maximum Gasteiger partial charge on any atom is 0.220 e. The first-order valence-corrected chi connectivity index (χ1v) is 7.37. The first-order valence-electron chi connectivity index (χ1n) is 7.37. The third-order valence-electron chi connectivity index (χ3n) is 4.05. The van der Waals surface area contributed by atoms with Gasteiger partial charge in [-0.2, -0.15) is 0 Å². The van der Waals surface area contributed by atoms with E-state index >= 15 is 0 Å². The first kappa shape index (κ1) is 14.9. The number of anilines is 1. The lowest BCUT2D eigenvalue weighted by molar-refractivity contribution is -0.122. The molecule has 0 radical (unpaired) electrons. The van der Waals surface area contributed by atoms with Gasteiger partial charge in [0.1, 0.15) is 0 Å². The molecule has 4 nitrogen and oxygen atoms in total. The summed E-state index contributed by atoms with van der Waals surface area (Å²) in [6.07, 6.45) is 2.32. The molecule has 1 aliphatic rings. The number of benzene rings is 1. The number of likely N-dealkylation sites (tertiary alicyclic amines) is 1. The number of nitrogens with one attached hydrogen (secondary N) is 1. The number of hydrogen-bond donors (Lipinski definition) is 2. The molecule has 1 heterocycles. The molecule has 2 rings (SSSR count). The molecule has 0 saturated carbocycles. The Morgan fingerprint density at radius 3 is 3.00 bits per heavy atom. The fourth-order valence-corrected chi connectivity index (χ4v) is 2.85. The molecule has 110 valence electrons. The molecule has 3 N–H and O–H groups in total. The molecule has 4 heteroatoms. The van der Waals surface area contributed by atoms with Gasteiger partial charge in [0, 0.05) is 24.7 Å². The number of hydrogen-bond acceptors (Lipinski definition) is 3. The molecule has 20 heavy (non-hydrogen) atoms. The van der Waals surface area contributed by atoms with Crippen LogP contribution in [0.3, 0.4) is 0 Å². The van der Waals surface area contributed by atoms with Crippen molar-refractivity contribution in [3.05, 3.63) is 29.8 Å². The van der Waals surface area contributed by atoms with Gasteiger partial charge in [-0.3, -0.25) is 4.79 Å². The summed E-state index contributed by atoms with van der Waals surface area (Å²) in [5.74, 6) is 0.666. The van der Waals surface area contributed by atoms with Crippen LogP contribution in [0.15, 0.2) is 24.3 Å². The molecular formula is C16H25N3O. The average molecular weight is 275 g/mol. The SMILES string of the molecule is CC1CN(C)CCC1NC(=O)CCc1cccc(N)c1. The smallest absolute Gasteiger partial charge is 0.220 e. The van der Waals surface area contributed by atoms with E-state index in [1.54, 1.807) is 0 Å². The van der Waals surface area contributed by atoms with Crippen molar-refractivity contribution in [1.82, 2.24) is 10.2 Å². The largest absolute Gasteiger partial charge is 0.399 e. The summed E-state index contributed by atoms with van der Waals surface area (Å²) >= 11 is 0.